The number of nitrogen functional groups attached to an aromatic ring is 1. The Morgan fingerprint density at radius 1 is 1.14 bits per heavy atom. The lowest BCUT2D eigenvalue weighted by Gasteiger charge is -2.25. The molecule has 0 atom stereocenters. The standard InChI is InChI=1S/C17H20N4/c1-11-9-12(5-6-13(11)18)16-20-14-10-19-8-7-15(14)21(16)17(2,3)4/h5-10H,18H2,1-4H3. The summed E-state index contributed by atoms with van der Waals surface area (Å²) in [7, 11) is 0. The molecular formula is C17H20N4. The fourth-order valence-electron chi connectivity index (χ4n) is 2.62. The van der Waals surface area contributed by atoms with Gasteiger partial charge in [0.05, 0.1) is 11.7 Å². The van der Waals surface area contributed by atoms with Crippen LogP contribution in [0.5, 0.6) is 0 Å². The highest BCUT2D eigenvalue weighted by atomic mass is 15.1. The largest absolute Gasteiger partial charge is 0.399 e. The fraction of sp³-hybridized carbons (Fsp3) is 0.294. The molecular weight excluding hydrogens is 260 g/mol. The summed E-state index contributed by atoms with van der Waals surface area (Å²) in [4.78, 5) is 8.96. The molecule has 0 unspecified atom stereocenters. The summed E-state index contributed by atoms with van der Waals surface area (Å²) in [5.41, 5.74) is 10.8. The van der Waals surface area contributed by atoms with E-state index < -0.39 is 0 Å². The molecule has 4 heteroatoms. The van der Waals surface area contributed by atoms with Gasteiger partial charge >= 0.3 is 0 Å². The van der Waals surface area contributed by atoms with Gasteiger partial charge in [-0.05, 0) is 57.5 Å². The SMILES string of the molecule is Cc1cc(-c2nc3cnccc3n2C(C)(C)C)ccc1N. The zero-order valence-electron chi connectivity index (χ0n) is 12.9. The van der Waals surface area contributed by atoms with Gasteiger partial charge < -0.3 is 10.3 Å². The number of fused-ring (bicyclic) bond motifs is 1. The second-order valence-corrected chi connectivity index (χ2v) is 6.38. The minimum atomic E-state index is -0.0687. The lowest BCUT2D eigenvalue weighted by atomic mass is 10.1. The molecule has 4 nitrogen and oxygen atoms in total. The van der Waals surface area contributed by atoms with Crippen molar-refractivity contribution in [1.29, 1.82) is 0 Å². The number of rotatable bonds is 1. The third-order valence-corrected chi connectivity index (χ3v) is 3.66. The molecule has 0 bridgehead atoms. The maximum Gasteiger partial charge on any atom is 0.141 e. The van der Waals surface area contributed by atoms with E-state index in [2.05, 4.69) is 36.4 Å². The van der Waals surface area contributed by atoms with Crippen LogP contribution in [0.2, 0.25) is 0 Å². The third-order valence-electron chi connectivity index (χ3n) is 3.66. The summed E-state index contributed by atoms with van der Waals surface area (Å²) in [5.74, 6) is 0.952. The molecule has 0 saturated carbocycles. The van der Waals surface area contributed by atoms with E-state index in [9.17, 15) is 0 Å². The van der Waals surface area contributed by atoms with E-state index in [1.54, 1.807) is 0 Å². The molecule has 0 amide bonds. The van der Waals surface area contributed by atoms with E-state index in [0.717, 1.165) is 33.7 Å². The summed E-state index contributed by atoms with van der Waals surface area (Å²) in [6.07, 6.45) is 3.62. The van der Waals surface area contributed by atoms with Gasteiger partial charge in [0.25, 0.3) is 0 Å². The van der Waals surface area contributed by atoms with Gasteiger partial charge in [0.2, 0.25) is 0 Å². The molecule has 0 radical (unpaired) electrons. The van der Waals surface area contributed by atoms with Crippen LogP contribution in [0, 0.1) is 6.92 Å². The number of aromatic nitrogens is 3. The molecule has 0 aliphatic heterocycles. The van der Waals surface area contributed by atoms with E-state index >= 15 is 0 Å². The Labute approximate surface area is 124 Å². The van der Waals surface area contributed by atoms with Crippen LogP contribution >= 0.6 is 0 Å². The molecule has 2 heterocycles. The van der Waals surface area contributed by atoms with Crippen LogP contribution in [0.1, 0.15) is 26.3 Å². The van der Waals surface area contributed by atoms with Crippen LogP contribution in [-0.4, -0.2) is 14.5 Å². The Kier molecular flexibility index (Phi) is 2.97. The first-order valence-corrected chi connectivity index (χ1v) is 7.07. The minimum Gasteiger partial charge on any atom is -0.399 e. The molecule has 0 aliphatic carbocycles. The smallest absolute Gasteiger partial charge is 0.141 e. The summed E-state index contributed by atoms with van der Waals surface area (Å²) in [5, 5.41) is 0. The highest BCUT2D eigenvalue weighted by Gasteiger charge is 2.22. The summed E-state index contributed by atoms with van der Waals surface area (Å²) < 4.78 is 2.26. The molecule has 1 aromatic carbocycles. The summed E-state index contributed by atoms with van der Waals surface area (Å²) in [6, 6.07) is 8.07. The third kappa shape index (κ3) is 2.27. The lowest BCUT2D eigenvalue weighted by molar-refractivity contribution is 0.413. The van der Waals surface area contributed by atoms with E-state index in [4.69, 9.17) is 10.7 Å². The van der Waals surface area contributed by atoms with Crippen molar-refractivity contribution in [2.75, 3.05) is 5.73 Å². The zero-order chi connectivity index (χ0) is 15.2. The van der Waals surface area contributed by atoms with E-state index in [1.807, 2.05) is 37.5 Å². The highest BCUT2D eigenvalue weighted by Crippen LogP contribution is 2.31. The van der Waals surface area contributed by atoms with Gasteiger partial charge in [0.1, 0.15) is 11.3 Å². The van der Waals surface area contributed by atoms with Gasteiger partial charge in [0, 0.05) is 23.0 Å². The number of imidazole rings is 1. The quantitative estimate of drug-likeness (QED) is 0.691. The Morgan fingerprint density at radius 3 is 2.57 bits per heavy atom. The molecule has 21 heavy (non-hydrogen) atoms. The maximum atomic E-state index is 5.93. The average Bonchev–Trinajstić information content (AvgIpc) is 2.81. The van der Waals surface area contributed by atoms with Crippen molar-refractivity contribution < 1.29 is 0 Å². The van der Waals surface area contributed by atoms with Gasteiger partial charge in [-0.15, -0.1) is 0 Å². The van der Waals surface area contributed by atoms with Crippen molar-refractivity contribution in [3.05, 3.63) is 42.2 Å². The molecule has 3 aromatic rings. The number of nitrogens with zero attached hydrogens (tertiary/aromatic N) is 3. The molecule has 0 saturated heterocycles. The monoisotopic (exact) mass is 280 g/mol. The zero-order valence-corrected chi connectivity index (χ0v) is 12.9. The Balaban J connectivity index is 2.33. The van der Waals surface area contributed by atoms with Crippen LogP contribution in [0.25, 0.3) is 22.4 Å². The predicted octanol–water partition coefficient (Wildman–Crippen LogP) is 3.74. The molecule has 3 rings (SSSR count). The Morgan fingerprint density at radius 2 is 1.90 bits per heavy atom. The normalized spacial score (nSPS) is 12.0. The fourth-order valence-corrected chi connectivity index (χ4v) is 2.62. The van der Waals surface area contributed by atoms with Crippen LogP contribution in [0.4, 0.5) is 5.69 Å². The number of hydrogen-bond donors (Lipinski definition) is 1. The van der Waals surface area contributed by atoms with Crippen LogP contribution in [0.15, 0.2) is 36.7 Å². The van der Waals surface area contributed by atoms with Crippen molar-refractivity contribution in [3.63, 3.8) is 0 Å². The number of hydrogen-bond acceptors (Lipinski definition) is 3. The lowest BCUT2D eigenvalue weighted by Crippen LogP contribution is -2.22. The van der Waals surface area contributed by atoms with Crippen molar-refractivity contribution >= 4 is 16.7 Å². The number of aryl methyl sites for hydroxylation is 1. The van der Waals surface area contributed by atoms with E-state index in [-0.39, 0.29) is 5.54 Å². The maximum absolute atomic E-state index is 5.93. The first kappa shape index (κ1) is 13.6. The van der Waals surface area contributed by atoms with Gasteiger partial charge in [-0.3, -0.25) is 4.98 Å². The summed E-state index contributed by atoms with van der Waals surface area (Å²) >= 11 is 0. The first-order valence-electron chi connectivity index (χ1n) is 7.07. The van der Waals surface area contributed by atoms with Gasteiger partial charge in [-0.25, -0.2) is 4.98 Å². The van der Waals surface area contributed by atoms with Crippen LogP contribution < -0.4 is 5.73 Å². The summed E-state index contributed by atoms with van der Waals surface area (Å²) in [6.45, 7) is 8.57. The van der Waals surface area contributed by atoms with Gasteiger partial charge in [-0.2, -0.15) is 0 Å². The second-order valence-electron chi connectivity index (χ2n) is 6.38. The molecule has 0 spiro atoms. The van der Waals surface area contributed by atoms with Crippen LogP contribution in [0.3, 0.4) is 0 Å². The minimum absolute atomic E-state index is 0.0687. The van der Waals surface area contributed by atoms with Crippen molar-refractivity contribution in [1.82, 2.24) is 14.5 Å². The Bertz CT molecular complexity index is 809. The highest BCUT2D eigenvalue weighted by molar-refractivity contribution is 5.80. The molecule has 2 N–H and O–H groups in total. The Hall–Kier alpha value is -2.36. The van der Waals surface area contributed by atoms with Crippen LogP contribution in [-0.2, 0) is 5.54 Å². The molecule has 108 valence electrons. The average molecular weight is 280 g/mol. The molecule has 2 aromatic heterocycles. The van der Waals surface area contributed by atoms with Crippen molar-refractivity contribution in [3.8, 4) is 11.4 Å². The van der Waals surface area contributed by atoms with E-state index in [1.165, 1.54) is 0 Å². The van der Waals surface area contributed by atoms with E-state index in [0.29, 0.717) is 0 Å². The molecule has 0 fully saturated rings. The topological polar surface area (TPSA) is 56.7 Å². The number of nitrogens with two attached hydrogens (primary N) is 1. The number of anilines is 1. The predicted molar refractivity (Wildman–Crippen MR) is 87.1 cm³/mol. The molecule has 0 aliphatic rings. The van der Waals surface area contributed by atoms with Crippen molar-refractivity contribution in [2.24, 2.45) is 0 Å². The van der Waals surface area contributed by atoms with Crippen molar-refractivity contribution in [2.45, 2.75) is 33.2 Å². The van der Waals surface area contributed by atoms with Gasteiger partial charge in [-0.1, -0.05) is 0 Å². The van der Waals surface area contributed by atoms with Gasteiger partial charge in [0.15, 0.2) is 0 Å². The first-order chi connectivity index (χ1) is 9.88. The second kappa shape index (κ2) is 4.58. The number of benzene rings is 1. The number of pyridine rings is 1.